The third-order valence-corrected chi connectivity index (χ3v) is 2.93. The number of nitrogens with zero attached hydrogens (tertiary/aromatic N) is 3. The molecule has 2 rings (SSSR count). The van der Waals surface area contributed by atoms with Crippen LogP contribution in [-0.2, 0) is 0 Å². The molecule has 0 aliphatic carbocycles. The van der Waals surface area contributed by atoms with E-state index in [0.717, 1.165) is 0 Å². The lowest BCUT2D eigenvalue weighted by Crippen LogP contribution is -2.19. The van der Waals surface area contributed by atoms with E-state index in [4.69, 9.17) is 11.6 Å². The van der Waals surface area contributed by atoms with E-state index < -0.39 is 0 Å². The molecule has 0 N–H and O–H groups in total. The molecule has 0 saturated heterocycles. The molecular formula is C13H11ClFN3O. The molecule has 0 spiro atoms. The number of aromatic nitrogens is 2. The molecule has 6 heteroatoms. The van der Waals surface area contributed by atoms with E-state index in [1.54, 1.807) is 17.0 Å². The molecule has 0 fully saturated rings. The van der Waals surface area contributed by atoms with Gasteiger partial charge in [-0.25, -0.2) is 14.4 Å². The van der Waals surface area contributed by atoms with Crippen LogP contribution in [0, 0.1) is 5.82 Å². The molecule has 19 heavy (non-hydrogen) atoms. The van der Waals surface area contributed by atoms with Gasteiger partial charge in [-0.1, -0.05) is 17.7 Å². The summed E-state index contributed by atoms with van der Waals surface area (Å²) in [7, 11) is 0. The fraction of sp³-hybridized carbons (Fsp3) is 0.154. The van der Waals surface area contributed by atoms with Gasteiger partial charge in [0.25, 0.3) is 0 Å². The Labute approximate surface area is 114 Å². The van der Waals surface area contributed by atoms with Crippen LogP contribution in [0.25, 0.3) is 0 Å². The molecule has 1 aromatic carbocycles. The van der Waals surface area contributed by atoms with Crippen molar-refractivity contribution in [3.8, 4) is 0 Å². The minimum atomic E-state index is -0.358. The summed E-state index contributed by atoms with van der Waals surface area (Å²) < 4.78 is 13.3. The maximum absolute atomic E-state index is 13.3. The van der Waals surface area contributed by atoms with Gasteiger partial charge in [0.2, 0.25) is 0 Å². The molecule has 98 valence electrons. The van der Waals surface area contributed by atoms with Crippen LogP contribution in [0.1, 0.15) is 17.3 Å². The van der Waals surface area contributed by atoms with E-state index in [1.807, 2.05) is 6.92 Å². The smallest absolute Gasteiger partial charge is 0.156 e. The number of anilines is 2. The number of hydrogen-bond acceptors (Lipinski definition) is 4. The molecule has 0 radical (unpaired) electrons. The van der Waals surface area contributed by atoms with Crippen LogP contribution in [0.15, 0.2) is 30.6 Å². The Morgan fingerprint density at radius 3 is 2.84 bits per heavy atom. The first-order valence-electron chi connectivity index (χ1n) is 5.66. The molecule has 0 aliphatic heterocycles. The van der Waals surface area contributed by atoms with E-state index in [2.05, 4.69) is 9.97 Å². The molecule has 0 aliphatic rings. The van der Waals surface area contributed by atoms with Gasteiger partial charge in [-0.3, -0.25) is 4.79 Å². The van der Waals surface area contributed by atoms with Gasteiger partial charge in [0.05, 0.1) is 5.56 Å². The highest BCUT2D eigenvalue weighted by Crippen LogP contribution is 2.28. The Morgan fingerprint density at radius 2 is 2.21 bits per heavy atom. The average molecular weight is 280 g/mol. The van der Waals surface area contributed by atoms with Crippen LogP contribution in [0.2, 0.25) is 5.15 Å². The standard InChI is InChI=1S/C13H11ClFN3O/c1-2-18(10-5-3-4-9(15)6-10)13-11(7-19)12(14)16-8-17-13/h3-8H,2H2,1H3. The van der Waals surface area contributed by atoms with Gasteiger partial charge in [-0.2, -0.15) is 0 Å². The predicted molar refractivity (Wildman–Crippen MR) is 71.5 cm³/mol. The van der Waals surface area contributed by atoms with E-state index >= 15 is 0 Å². The first-order valence-corrected chi connectivity index (χ1v) is 6.04. The molecule has 0 amide bonds. The summed E-state index contributed by atoms with van der Waals surface area (Å²) in [5, 5.41) is 0.0786. The lowest BCUT2D eigenvalue weighted by molar-refractivity contribution is 0.112. The molecule has 1 heterocycles. The summed E-state index contributed by atoms with van der Waals surface area (Å²) in [6.07, 6.45) is 1.87. The lowest BCUT2D eigenvalue weighted by atomic mass is 10.2. The Morgan fingerprint density at radius 1 is 1.42 bits per heavy atom. The summed E-state index contributed by atoms with van der Waals surface area (Å²) in [4.78, 5) is 20.6. The Hall–Kier alpha value is -2.01. The highest BCUT2D eigenvalue weighted by molar-refractivity contribution is 6.32. The van der Waals surface area contributed by atoms with E-state index in [-0.39, 0.29) is 16.5 Å². The van der Waals surface area contributed by atoms with E-state index in [0.29, 0.717) is 24.3 Å². The van der Waals surface area contributed by atoms with E-state index in [1.165, 1.54) is 18.5 Å². The molecule has 0 unspecified atom stereocenters. The van der Waals surface area contributed by atoms with Crippen LogP contribution < -0.4 is 4.90 Å². The fourth-order valence-corrected chi connectivity index (χ4v) is 1.95. The second-order valence-electron chi connectivity index (χ2n) is 3.74. The van der Waals surface area contributed by atoms with Crippen molar-refractivity contribution in [2.45, 2.75) is 6.92 Å². The lowest BCUT2D eigenvalue weighted by Gasteiger charge is -2.23. The molecule has 2 aromatic rings. The van der Waals surface area contributed by atoms with Crippen molar-refractivity contribution >= 4 is 29.4 Å². The molecule has 0 bridgehead atoms. The van der Waals surface area contributed by atoms with E-state index in [9.17, 15) is 9.18 Å². The van der Waals surface area contributed by atoms with Crippen molar-refractivity contribution in [1.82, 2.24) is 9.97 Å². The molecule has 0 saturated carbocycles. The van der Waals surface area contributed by atoms with Crippen LogP contribution in [0.5, 0.6) is 0 Å². The quantitative estimate of drug-likeness (QED) is 0.637. The first-order chi connectivity index (χ1) is 9.17. The predicted octanol–water partition coefficient (Wildman–Crippen LogP) is 3.24. The minimum Gasteiger partial charge on any atom is -0.326 e. The average Bonchev–Trinajstić information content (AvgIpc) is 2.40. The second-order valence-corrected chi connectivity index (χ2v) is 4.10. The topological polar surface area (TPSA) is 46.1 Å². The van der Waals surface area contributed by atoms with Gasteiger partial charge in [-0.05, 0) is 25.1 Å². The number of hydrogen-bond donors (Lipinski definition) is 0. The van der Waals surface area contributed by atoms with Gasteiger partial charge in [0.15, 0.2) is 6.29 Å². The second kappa shape index (κ2) is 5.75. The molecule has 4 nitrogen and oxygen atoms in total. The van der Waals surface area contributed by atoms with Gasteiger partial charge in [0.1, 0.15) is 23.1 Å². The van der Waals surface area contributed by atoms with Crippen molar-refractivity contribution in [3.63, 3.8) is 0 Å². The highest BCUT2D eigenvalue weighted by Gasteiger charge is 2.16. The normalized spacial score (nSPS) is 10.3. The first kappa shape index (κ1) is 13.4. The maximum atomic E-state index is 13.3. The number of benzene rings is 1. The number of halogens is 2. The van der Waals surface area contributed by atoms with Crippen molar-refractivity contribution < 1.29 is 9.18 Å². The SMILES string of the molecule is CCN(c1cccc(F)c1)c1ncnc(Cl)c1C=O. The van der Waals surface area contributed by atoms with Crippen molar-refractivity contribution in [3.05, 3.63) is 47.1 Å². The minimum absolute atomic E-state index is 0.0786. The van der Waals surface area contributed by atoms with Gasteiger partial charge < -0.3 is 4.90 Å². The molecule has 0 atom stereocenters. The largest absolute Gasteiger partial charge is 0.326 e. The van der Waals surface area contributed by atoms with Crippen molar-refractivity contribution in [2.24, 2.45) is 0 Å². The summed E-state index contributed by atoms with van der Waals surface area (Å²) in [5.41, 5.74) is 0.788. The van der Waals surface area contributed by atoms with Gasteiger partial charge in [0, 0.05) is 12.2 Å². The van der Waals surface area contributed by atoms with Gasteiger partial charge in [-0.15, -0.1) is 0 Å². The summed E-state index contributed by atoms with van der Waals surface area (Å²) in [5.74, 6) is 0.00635. The molecular weight excluding hydrogens is 269 g/mol. The maximum Gasteiger partial charge on any atom is 0.156 e. The summed E-state index contributed by atoms with van der Waals surface area (Å²) in [6, 6.07) is 6.05. The highest BCUT2D eigenvalue weighted by atomic mass is 35.5. The van der Waals surface area contributed by atoms with Crippen LogP contribution >= 0.6 is 11.6 Å². The molecule has 1 aromatic heterocycles. The third kappa shape index (κ3) is 2.71. The summed E-state index contributed by atoms with van der Waals surface area (Å²) in [6.45, 7) is 2.38. The fourth-order valence-electron chi connectivity index (χ4n) is 1.78. The summed E-state index contributed by atoms with van der Waals surface area (Å²) >= 11 is 5.87. The zero-order valence-corrected chi connectivity index (χ0v) is 10.9. The monoisotopic (exact) mass is 279 g/mol. The van der Waals surface area contributed by atoms with Crippen LogP contribution in [-0.4, -0.2) is 22.8 Å². The van der Waals surface area contributed by atoms with Crippen LogP contribution in [0.3, 0.4) is 0 Å². The Kier molecular flexibility index (Phi) is 4.06. The number of carbonyl (C=O) groups is 1. The Balaban J connectivity index is 2.54. The number of carbonyl (C=O) groups excluding carboxylic acids is 1. The van der Waals surface area contributed by atoms with Crippen molar-refractivity contribution in [1.29, 1.82) is 0 Å². The van der Waals surface area contributed by atoms with Crippen molar-refractivity contribution in [2.75, 3.05) is 11.4 Å². The van der Waals surface area contributed by atoms with Crippen LogP contribution in [0.4, 0.5) is 15.9 Å². The third-order valence-electron chi connectivity index (χ3n) is 2.62. The Bertz CT molecular complexity index is 606. The zero-order valence-electron chi connectivity index (χ0n) is 10.2. The number of aldehydes is 1. The van der Waals surface area contributed by atoms with Gasteiger partial charge >= 0.3 is 0 Å². The number of rotatable bonds is 4. The zero-order chi connectivity index (χ0) is 13.8.